The first-order valence-electron chi connectivity index (χ1n) is 9.16. The van der Waals surface area contributed by atoms with Gasteiger partial charge >= 0.3 is 0 Å². The molecule has 1 heteroatoms. The van der Waals surface area contributed by atoms with E-state index in [1.807, 2.05) is 0 Å². The van der Waals surface area contributed by atoms with Gasteiger partial charge in [0.15, 0.2) is 0 Å². The van der Waals surface area contributed by atoms with Gasteiger partial charge in [-0.05, 0) is 24.9 Å². The standard InChI is InChI=1S/C20H35N/c1-3-5-6-7-8-9-10-14-18-21-20(15-4-2)19-16-12-11-13-17-19/h11-13,16-17,20-21H,3-10,14-15,18H2,1-2H3. The van der Waals surface area contributed by atoms with Gasteiger partial charge in [0.05, 0.1) is 0 Å². The lowest BCUT2D eigenvalue weighted by atomic mass is 10.0. The summed E-state index contributed by atoms with van der Waals surface area (Å²) in [7, 11) is 0. The van der Waals surface area contributed by atoms with Crippen LogP contribution in [0.5, 0.6) is 0 Å². The van der Waals surface area contributed by atoms with E-state index in [1.54, 1.807) is 0 Å². The molecular weight excluding hydrogens is 254 g/mol. The van der Waals surface area contributed by atoms with Crippen LogP contribution in [-0.4, -0.2) is 6.54 Å². The van der Waals surface area contributed by atoms with Crippen molar-refractivity contribution in [3.8, 4) is 0 Å². The van der Waals surface area contributed by atoms with Gasteiger partial charge in [-0.2, -0.15) is 0 Å². The van der Waals surface area contributed by atoms with Crippen molar-refractivity contribution >= 4 is 0 Å². The second kappa shape index (κ2) is 12.9. The number of rotatable bonds is 13. The maximum absolute atomic E-state index is 3.75. The molecule has 1 aromatic carbocycles. The molecule has 1 rings (SSSR count). The minimum atomic E-state index is 0.542. The van der Waals surface area contributed by atoms with Crippen LogP contribution in [0.2, 0.25) is 0 Å². The first kappa shape index (κ1) is 18.2. The van der Waals surface area contributed by atoms with Crippen LogP contribution >= 0.6 is 0 Å². The Morgan fingerprint density at radius 2 is 1.38 bits per heavy atom. The van der Waals surface area contributed by atoms with Crippen molar-refractivity contribution in [3.05, 3.63) is 35.9 Å². The highest BCUT2D eigenvalue weighted by atomic mass is 14.9. The molecule has 120 valence electrons. The van der Waals surface area contributed by atoms with Gasteiger partial charge in [-0.3, -0.25) is 0 Å². The van der Waals surface area contributed by atoms with Crippen molar-refractivity contribution in [2.24, 2.45) is 0 Å². The Bertz CT molecular complexity index is 320. The third-order valence-corrected chi connectivity index (χ3v) is 4.20. The maximum Gasteiger partial charge on any atom is 0.0320 e. The lowest BCUT2D eigenvalue weighted by Crippen LogP contribution is -2.22. The van der Waals surface area contributed by atoms with Crippen LogP contribution in [0.1, 0.15) is 89.7 Å². The van der Waals surface area contributed by atoms with Crippen LogP contribution in [0.25, 0.3) is 0 Å². The van der Waals surface area contributed by atoms with Crippen molar-refractivity contribution in [2.75, 3.05) is 6.54 Å². The Morgan fingerprint density at radius 1 is 0.762 bits per heavy atom. The van der Waals surface area contributed by atoms with E-state index in [9.17, 15) is 0 Å². The van der Waals surface area contributed by atoms with E-state index in [2.05, 4.69) is 49.5 Å². The van der Waals surface area contributed by atoms with Gasteiger partial charge in [0.1, 0.15) is 0 Å². The van der Waals surface area contributed by atoms with Gasteiger partial charge in [-0.1, -0.05) is 95.5 Å². The summed E-state index contributed by atoms with van der Waals surface area (Å²) in [5, 5.41) is 3.75. The predicted octanol–water partition coefficient (Wildman–Crippen LogP) is 6.26. The van der Waals surface area contributed by atoms with Crippen molar-refractivity contribution in [1.29, 1.82) is 0 Å². The van der Waals surface area contributed by atoms with Gasteiger partial charge in [0, 0.05) is 6.04 Å². The molecule has 0 amide bonds. The van der Waals surface area contributed by atoms with E-state index in [0.717, 1.165) is 6.54 Å². The van der Waals surface area contributed by atoms with Gasteiger partial charge in [-0.15, -0.1) is 0 Å². The Labute approximate surface area is 132 Å². The number of hydrogen-bond acceptors (Lipinski definition) is 1. The third-order valence-electron chi connectivity index (χ3n) is 4.20. The zero-order valence-electron chi connectivity index (χ0n) is 14.2. The smallest absolute Gasteiger partial charge is 0.0320 e. The lowest BCUT2D eigenvalue weighted by Gasteiger charge is -2.18. The summed E-state index contributed by atoms with van der Waals surface area (Å²) in [6, 6.07) is 11.4. The number of benzene rings is 1. The summed E-state index contributed by atoms with van der Waals surface area (Å²) in [6.45, 7) is 5.72. The van der Waals surface area contributed by atoms with Crippen LogP contribution < -0.4 is 5.32 Å². The summed E-state index contributed by atoms with van der Waals surface area (Å²) in [5.74, 6) is 0. The first-order valence-corrected chi connectivity index (χ1v) is 9.16. The molecule has 0 aliphatic carbocycles. The Morgan fingerprint density at radius 3 is 2.00 bits per heavy atom. The fraction of sp³-hybridized carbons (Fsp3) is 0.700. The molecule has 0 radical (unpaired) electrons. The average Bonchev–Trinajstić information content (AvgIpc) is 2.53. The van der Waals surface area contributed by atoms with E-state index < -0.39 is 0 Å². The van der Waals surface area contributed by atoms with Crippen LogP contribution in [0.15, 0.2) is 30.3 Å². The summed E-state index contributed by atoms with van der Waals surface area (Å²) >= 11 is 0. The Kier molecular flexibility index (Phi) is 11.2. The Balaban J connectivity index is 2.09. The molecule has 21 heavy (non-hydrogen) atoms. The minimum absolute atomic E-state index is 0.542. The highest BCUT2D eigenvalue weighted by molar-refractivity contribution is 5.18. The highest BCUT2D eigenvalue weighted by Crippen LogP contribution is 2.18. The summed E-state index contributed by atoms with van der Waals surface area (Å²) in [5.41, 5.74) is 1.44. The second-order valence-corrected chi connectivity index (χ2v) is 6.18. The number of unbranched alkanes of at least 4 members (excludes halogenated alkanes) is 7. The van der Waals surface area contributed by atoms with E-state index in [4.69, 9.17) is 0 Å². The largest absolute Gasteiger partial charge is 0.310 e. The molecule has 0 spiro atoms. The molecule has 0 fully saturated rings. The highest BCUT2D eigenvalue weighted by Gasteiger charge is 2.08. The molecule has 0 saturated heterocycles. The van der Waals surface area contributed by atoms with Gasteiger partial charge < -0.3 is 5.32 Å². The molecule has 0 saturated carbocycles. The van der Waals surface area contributed by atoms with Crippen molar-refractivity contribution in [3.63, 3.8) is 0 Å². The van der Waals surface area contributed by atoms with Crippen molar-refractivity contribution < 1.29 is 0 Å². The third kappa shape index (κ3) is 8.93. The van der Waals surface area contributed by atoms with Gasteiger partial charge in [0.2, 0.25) is 0 Å². The summed E-state index contributed by atoms with van der Waals surface area (Å²) in [6.07, 6.45) is 13.6. The normalized spacial score (nSPS) is 12.5. The molecule has 0 bridgehead atoms. The van der Waals surface area contributed by atoms with Crippen LogP contribution in [0, 0.1) is 0 Å². The molecule has 0 aromatic heterocycles. The van der Waals surface area contributed by atoms with Crippen LogP contribution in [0.4, 0.5) is 0 Å². The molecule has 1 nitrogen and oxygen atoms in total. The minimum Gasteiger partial charge on any atom is -0.310 e. The zero-order chi connectivity index (χ0) is 15.2. The average molecular weight is 290 g/mol. The number of hydrogen-bond donors (Lipinski definition) is 1. The lowest BCUT2D eigenvalue weighted by molar-refractivity contribution is 0.474. The van der Waals surface area contributed by atoms with Crippen molar-refractivity contribution in [1.82, 2.24) is 5.32 Å². The zero-order valence-corrected chi connectivity index (χ0v) is 14.2. The van der Waals surface area contributed by atoms with Gasteiger partial charge in [0.25, 0.3) is 0 Å². The summed E-state index contributed by atoms with van der Waals surface area (Å²) in [4.78, 5) is 0. The molecule has 0 heterocycles. The van der Waals surface area contributed by atoms with Crippen LogP contribution in [0.3, 0.4) is 0 Å². The van der Waals surface area contributed by atoms with Crippen LogP contribution in [-0.2, 0) is 0 Å². The quantitative estimate of drug-likeness (QED) is 0.423. The molecular formula is C20H35N. The van der Waals surface area contributed by atoms with Gasteiger partial charge in [-0.25, -0.2) is 0 Å². The Hall–Kier alpha value is -0.820. The molecule has 0 aliphatic heterocycles. The van der Waals surface area contributed by atoms with E-state index >= 15 is 0 Å². The second-order valence-electron chi connectivity index (χ2n) is 6.18. The monoisotopic (exact) mass is 289 g/mol. The molecule has 1 N–H and O–H groups in total. The molecule has 1 atom stereocenters. The predicted molar refractivity (Wildman–Crippen MR) is 94.7 cm³/mol. The molecule has 1 unspecified atom stereocenters. The maximum atomic E-state index is 3.75. The van der Waals surface area contributed by atoms with Crippen molar-refractivity contribution in [2.45, 2.75) is 84.1 Å². The van der Waals surface area contributed by atoms with E-state index in [-0.39, 0.29) is 0 Å². The first-order chi connectivity index (χ1) is 10.4. The topological polar surface area (TPSA) is 12.0 Å². The molecule has 0 aliphatic rings. The summed E-state index contributed by atoms with van der Waals surface area (Å²) < 4.78 is 0. The number of nitrogens with one attached hydrogen (secondary N) is 1. The SMILES string of the molecule is CCCCCCCCCCNC(CCC)c1ccccc1. The fourth-order valence-corrected chi connectivity index (χ4v) is 2.90. The van der Waals surface area contributed by atoms with E-state index in [0.29, 0.717) is 6.04 Å². The molecule has 1 aromatic rings. The van der Waals surface area contributed by atoms with E-state index in [1.165, 1.54) is 69.8 Å². The fourth-order valence-electron chi connectivity index (χ4n) is 2.90.